The number of thiazole rings is 1. The maximum absolute atomic E-state index is 13.3. The number of carbonyl (C=O) groups excluding carboxylic acids is 1. The number of oxime groups is 1. The summed E-state index contributed by atoms with van der Waals surface area (Å²) in [5, 5.41) is 14.1. The van der Waals surface area contributed by atoms with Gasteiger partial charge >= 0.3 is 0 Å². The van der Waals surface area contributed by atoms with E-state index in [1.165, 1.54) is 23.5 Å². The lowest BCUT2D eigenvalue weighted by molar-refractivity contribution is -0.110. The average Bonchev–Trinajstić information content (AvgIpc) is 3.60. The Morgan fingerprint density at radius 3 is 2.64 bits per heavy atom. The fourth-order valence-electron chi connectivity index (χ4n) is 3.65. The van der Waals surface area contributed by atoms with Gasteiger partial charge in [0.05, 0.1) is 10.1 Å². The van der Waals surface area contributed by atoms with E-state index in [0.29, 0.717) is 58.6 Å². The largest absolute Gasteiger partial charge is 0.476 e. The van der Waals surface area contributed by atoms with Crippen LogP contribution >= 0.6 is 11.3 Å². The van der Waals surface area contributed by atoms with Crippen molar-refractivity contribution in [1.29, 1.82) is 0 Å². The molecule has 39 heavy (non-hydrogen) atoms. The second-order valence-corrected chi connectivity index (χ2v) is 12.1. The van der Waals surface area contributed by atoms with Crippen molar-refractivity contribution >= 4 is 48.3 Å². The molecule has 0 saturated heterocycles. The van der Waals surface area contributed by atoms with Crippen LogP contribution in [0.15, 0.2) is 58.7 Å². The van der Waals surface area contributed by atoms with Crippen molar-refractivity contribution in [2.24, 2.45) is 12.2 Å². The Morgan fingerprint density at radius 1 is 1.15 bits per heavy atom. The van der Waals surface area contributed by atoms with Crippen molar-refractivity contribution < 1.29 is 22.8 Å². The fourth-order valence-corrected chi connectivity index (χ4v) is 6.13. The Morgan fingerprint density at radius 2 is 1.95 bits per heavy atom. The van der Waals surface area contributed by atoms with Gasteiger partial charge in [-0.25, -0.2) is 18.4 Å². The predicted octanol–water partition coefficient (Wildman–Crippen LogP) is 2.52. The summed E-state index contributed by atoms with van der Waals surface area (Å²) in [6.07, 6.45) is 3.11. The van der Waals surface area contributed by atoms with Crippen LogP contribution < -0.4 is 15.4 Å². The van der Waals surface area contributed by atoms with Crippen molar-refractivity contribution in [3.05, 3.63) is 59.9 Å². The molecule has 1 aromatic carbocycles. The number of sulfone groups is 1. The van der Waals surface area contributed by atoms with Crippen LogP contribution in [-0.4, -0.2) is 65.2 Å². The zero-order valence-electron chi connectivity index (χ0n) is 21.3. The third kappa shape index (κ3) is 6.41. The number of ether oxygens (including phenoxy) is 1. The lowest BCUT2D eigenvalue weighted by Gasteiger charge is -2.08. The molecule has 2 N–H and O–H groups in total. The number of fused-ring (bicyclic) bond motifs is 1. The Bertz CT molecular complexity index is 1610. The second kappa shape index (κ2) is 11.5. The first kappa shape index (κ1) is 26.7. The van der Waals surface area contributed by atoms with Crippen LogP contribution in [0.5, 0.6) is 5.88 Å². The first-order valence-electron chi connectivity index (χ1n) is 12.2. The number of hydrogen-bond acceptors (Lipinski definition) is 11. The smallest absolute Gasteiger partial charge is 0.280 e. The van der Waals surface area contributed by atoms with E-state index in [1.54, 1.807) is 48.3 Å². The SMILES string of the molecule is CNCCOc1ccc2nc(NC(=O)/C(=N/OCc3ccn(C)n3)c3ccc(S(=O)(=O)C4CC4)cc3)sc2n1. The molecule has 0 unspecified atom stereocenters. The molecule has 0 atom stereocenters. The van der Waals surface area contributed by atoms with E-state index in [9.17, 15) is 13.2 Å². The van der Waals surface area contributed by atoms with Crippen LogP contribution in [-0.2, 0) is 33.1 Å². The molecule has 3 heterocycles. The van der Waals surface area contributed by atoms with E-state index in [2.05, 4.69) is 30.9 Å². The lowest BCUT2D eigenvalue weighted by atomic mass is 10.1. The minimum Gasteiger partial charge on any atom is -0.476 e. The quantitative estimate of drug-likeness (QED) is 0.149. The minimum atomic E-state index is -3.36. The van der Waals surface area contributed by atoms with Gasteiger partial charge in [-0.1, -0.05) is 28.6 Å². The molecule has 1 amide bonds. The van der Waals surface area contributed by atoms with Gasteiger partial charge in [-0.3, -0.25) is 14.8 Å². The van der Waals surface area contributed by atoms with Gasteiger partial charge < -0.3 is 14.9 Å². The Balaban J connectivity index is 1.36. The molecule has 0 aliphatic heterocycles. The van der Waals surface area contributed by atoms with Crippen LogP contribution in [0.3, 0.4) is 0 Å². The summed E-state index contributed by atoms with van der Waals surface area (Å²) in [5.74, 6) is -0.107. The van der Waals surface area contributed by atoms with Gasteiger partial charge in [-0.2, -0.15) is 5.10 Å². The highest BCUT2D eigenvalue weighted by Gasteiger charge is 2.36. The number of rotatable bonds is 12. The minimum absolute atomic E-state index is 0.0374. The topological polar surface area (TPSA) is 150 Å². The van der Waals surface area contributed by atoms with Gasteiger partial charge in [-0.05, 0) is 44.2 Å². The molecule has 0 radical (unpaired) electrons. The van der Waals surface area contributed by atoms with Gasteiger partial charge in [0.15, 0.2) is 27.3 Å². The molecule has 0 bridgehead atoms. The molecule has 3 aromatic heterocycles. The molecule has 1 aliphatic carbocycles. The molecule has 0 spiro atoms. The van der Waals surface area contributed by atoms with Gasteiger partial charge in [0, 0.05) is 31.4 Å². The number of amides is 1. The molecule has 1 aliphatic rings. The first-order chi connectivity index (χ1) is 18.8. The monoisotopic (exact) mass is 569 g/mol. The van der Waals surface area contributed by atoms with Crippen LogP contribution in [0.2, 0.25) is 0 Å². The van der Waals surface area contributed by atoms with E-state index in [0.717, 1.165) is 0 Å². The highest BCUT2D eigenvalue weighted by molar-refractivity contribution is 7.92. The van der Waals surface area contributed by atoms with Crippen molar-refractivity contribution in [2.75, 3.05) is 25.5 Å². The maximum atomic E-state index is 13.3. The van der Waals surface area contributed by atoms with Gasteiger partial charge in [0.25, 0.3) is 5.91 Å². The number of hydrogen-bond donors (Lipinski definition) is 2. The molecule has 1 fully saturated rings. The summed E-state index contributed by atoms with van der Waals surface area (Å²) in [4.78, 5) is 28.5. The zero-order chi connectivity index (χ0) is 27.4. The number of pyridine rings is 1. The Kier molecular flexibility index (Phi) is 7.86. The third-order valence-electron chi connectivity index (χ3n) is 5.82. The number of nitrogens with one attached hydrogen (secondary N) is 2. The lowest BCUT2D eigenvalue weighted by Crippen LogP contribution is -2.24. The number of likely N-dealkylation sites (N-methyl/N-ethyl adjacent to an activating group) is 1. The van der Waals surface area contributed by atoms with Gasteiger partial charge in [0.1, 0.15) is 22.6 Å². The van der Waals surface area contributed by atoms with E-state index in [4.69, 9.17) is 9.57 Å². The fraction of sp³-hybridized carbons (Fsp3) is 0.320. The first-order valence-corrected chi connectivity index (χ1v) is 14.6. The van der Waals surface area contributed by atoms with Crippen molar-refractivity contribution in [3.8, 4) is 5.88 Å². The molecular formula is C25H27N7O5S2. The standard InChI is InChI=1S/C25H27N7O5S2/c1-26-12-14-36-21-10-9-20-24(28-21)38-25(27-20)29-23(33)22(31-37-15-17-11-13-32(2)30-17)16-3-5-18(6-4-16)39(34,35)19-7-8-19/h3-6,9-11,13,19,26H,7-8,12,14-15H2,1-2H3,(H,27,29,33)/b31-22+. The number of anilines is 1. The molecule has 14 heteroatoms. The highest BCUT2D eigenvalue weighted by atomic mass is 32.2. The third-order valence-corrected chi connectivity index (χ3v) is 8.98. The van der Waals surface area contributed by atoms with E-state index in [-0.39, 0.29) is 22.5 Å². The van der Waals surface area contributed by atoms with Crippen molar-refractivity contribution in [1.82, 2.24) is 25.1 Å². The van der Waals surface area contributed by atoms with Crippen molar-refractivity contribution in [3.63, 3.8) is 0 Å². The average molecular weight is 570 g/mol. The normalized spacial score (nSPS) is 13.9. The van der Waals surface area contributed by atoms with E-state index >= 15 is 0 Å². The molecule has 12 nitrogen and oxygen atoms in total. The van der Waals surface area contributed by atoms with Crippen LogP contribution in [0, 0.1) is 0 Å². The second-order valence-electron chi connectivity index (χ2n) is 8.86. The number of benzene rings is 1. The number of aryl methyl sites for hydroxylation is 1. The zero-order valence-corrected chi connectivity index (χ0v) is 23.0. The van der Waals surface area contributed by atoms with Gasteiger partial charge in [0.2, 0.25) is 5.88 Å². The maximum Gasteiger partial charge on any atom is 0.280 e. The molecule has 5 rings (SSSR count). The van der Waals surface area contributed by atoms with Crippen LogP contribution in [0.1, 0.15) is 24.1 Å². The Hall–Kier alpha value is -3.88. The molecular weight excluding hydrogens is 542 g/mol. The Labute approximate surface area is 229 Å². The number of aromatic nitrogens is 4. The summed E-state index contributed by atoms with van der Waals surface area (Å²) < 4.78 is 32.4. The molecule has 204 valence electrons. The van der Waals surface area contributed by atoms with Crippen LogP contribution in [0.4, 0.5) is 5.13 Å². The highest BCUT2D eigenvalue weighted by Crippen LogP contribution is 2.33. The van der Waals surface area contributed by atoms with E-state index in [1.807, 2.05) is 7.05 Å². The van der Waals surface area contributed by atoms with Crippen molar-refractivity contribution in [2.45, 2.75) is 29.6 Å². The summed E-state index contributed by atoms with van der Waals surface area (Å²) in [7, 11) is 0.257. The number of carbonyl (C=O) groups is 1. The summed E-state index contributed by atoms with van der Waals surface area (Å²) in [5.41, 5.74) is 1.60. The summed E-state index contributed by atoms with van der Waals surface area (Å²) in [6, 6.07) is 11.3. The predicted molar refractivity (Wildman–Crippen MR) is 147 cm³/mol. The van der Waals surface area contributed by atoms with Gasteiger partial charge in [-0.15, -0.1) is 0 Å². The molecule has 4 aromatic rings. The molecule has 1 saturated carbocycles. The van der Waals surface area contributed by atoms with Crippen LogP contribution in [0.25, 0.3) is 10.3 Å². The van der Waals surface area contributed by atoms with E-state index < -0.39 is 15.7 Å². The number of nitrogens with zero attached hydrogens (tertiary/aromatic N) is 5. The summed E-state index contributed by atoms with van der Waals surface area (Å²) >= 11 is 1.19. The summed E-state index contributed by atoms with van der Waals surface area (Å²) in [6.45, 7) is 1.20.